The minimum absolute atomic E-state index is 0.0628. The highest BCUT2D eigenvalue weighted by atomic mass is 32.2. The molecule has 2 N–H and O–H groups in total. The molecule has 3 rings (SSSR count). The highest BCUT2D eigenvalue weighted by Crippen LogP contribution is 2.27. The van der Waals surface area contributed by atoms with Crippen LogP contribution in [0, 0.1) is 13.8 Å². The number of thiophene rings is 1. The number of fused-ring (bicyclic) bond motifs is 1. The molecule has 4 nitrogen and oxygen atoms in total. The van der Waals surface area contributed by atoms with E-state index in [2.05, 4.69) is 4.72 Å². The fourth-order valence-corrected chi connectivity index (χ4v) is 5.54. The number of aliphatic hydroxyl groups is 1. The fourth-order valence-electron chi connectivity index (χ4n) is 2.79. The average molecular weight is 361 g/mol. The number of sulfonamides is 1. The van der Waals surface area contributed by atoms with Crippen molar-refractivity contribution in [2.75, 3.05) is 6.54 Å². The van der Waals surface area contributed by atoms with Crippen LogP contribution in [0.1, 0.15) is 22.1 Å². The Morgan fingerprint density at radius 2 is 1.83 bits per heavy atom. The number of aryl methyl sites for hydroxylation is 2. The molecule has 0 radical (unpaired) electrons. The lowest BCUT2D eigenvalue weighted by Gasteiger charge is -2.15. The van der Waals surface area contributed by atoms with Crippen molar-refractivity contribution in [2.24, 2.45) is 0 Å². The minimum Gasteiger partial charge on any atom is -0.387 e. The summed E-state index contributed by atoms with van der Waals surface area (Å²) in [4.78, 5) is 0.947. The van der Waals surface area contributed by atoms with E-state index < -0.39 is 16.1 Å². The predicted molar refractivity (Wildman–Crippen MR) is 97.9 cm³/mol. The predicted octanol–water partition coefficient (Wildman–Crippen LogP) is 3.53. The maximum absolute atomic E-state index is 12.5. The Hall–Kier alpha value is -1.73. The lowest BCUT2D eigenvalue weighted by Crippen LogP contribution is -2.28. The van der Waals surface area contributed by atoms with Crippen molar-refractivity contribution in [3.05, 3.63) is 64.5 Å². The third-order valence-electron chi connectivity index (χ3n) is 3.89. The molecule has 0 bridgehead atoms. The Morgan fingerprint density at radius 1 is 1.12 bits per heavy atom. The van der Waals surface area contributed by atoms with Gasteiger partial charge in [-0.3, -0.25) is 0 Å². The van der Waals surface area contributed by atoms with Crippen LogP contribution in [-0.2, 0) is 10.0 Å². The first-order chi connectivity index (χ1) is 11.4. The van der Waals surface area contributed by atoms with E-state index in [0.717, 1.165) is 26.8 Å². The van der Waals surface area contributed by atoms with Crippen molar-refractivity contribution >= 4 is 32.1 Å². The zero-order valence-electron chi connectivity index (χ0n) is 13.5. The smallest absolute Gasteiger partial charge is 0.250 e. The van der Waals surface area contributed by atoms with Crippen LogP contribution in [-0.4, -0.2) is 20.1 Å². The summed E-state index contributed by atoms with van der Waals surface area (Å²) in [5.74, 6) is 0. The highest BCUT2D eigenvalue weighted by molar-refractivity contribution is 7.91. The van der Waals surface area contributed by atoms with Gasteiger partial charge in [-0.25, -0.2) is 13.1 Å². The van der Waals surface area contributed by atoms with Gasteiger partial charge in [0.25, 0.3) is 0 Å². The molecule has 1 atom stereocenters. The third-order valence-corrected chi connectivity index (χ3v) is 7.10. The van der Waals surface area contributed by atoms with Gasteiger partial charge in [0.05, 0.1) is 6.10 Å². The number of aliphatic hydroxyl groups excluding tert-OH is 1. The van der Waals surface area contributed by atoms with E-state index in [9.17, 15) is 13.5 Å². The zero-order valence-corrected chi connectivity index (χ0v) is 15.1. The Balaban J connectivity index is 1.82. The summed E-state index contributed by atoms with van der Waals surface area (Å²) in [7, 11) is -3.62. The standard InChI is InChI=1S/C18H19NO3S2/c1-12-10-13(2)23-18(12)24(21,22)19-11-17(20)16-9-5-7-14-6-3-4-8-15(14)16/h3-10,17,19-20H,11H2,1-2H3. The van der Waals surface area contributed by atoms with Gasteiger partial charge in [-0.2, -0.15) is 0 Å². The lowest BCUT2D eigenvalue weighted by atomic mass is 10.0. The number of benzene rings is 2. The van der Waals surface area contributed by atoms with Gasteiger partial charge >= 0.3 is 0 Å². The van der Waals surface area contributed by atoms with Crippen LogP contribution in [0.15, 0.2) is 52.7 Å². The van der Waals surface area contributed by atoms with Crippen molar-refractivity contribution in [1.82, 2.24) is 4.72 Å². The van der Waals surface area contributed by atoms with E-state index in [1.165, 1.54) is 11.3 Å². The summed E-state index contributed by atoms with van der Waals surface area (Å²) in [5.41, 5.74) is 1.44. The van der Waals surface area contributed by atoms with Gasteiger partial charge in [-0.15, -0.1) is 11.3 Å². The van der Waals surface area contributed by atoms with Gasteiger partial charge < -0.3 is 5.11 Å². The molecule has 1 heterocycles. The maximum atomic E-state index is 12.5. The number of nitrogens with one attached hydrogen (secondary N) is 1. The topological polar surface area (TPSA) is 66.4 Å². The van der Waals surface area contributed by atoms with Crippen LogP contribution >= 0.6 is 11.3 Å². The molecule has 0 aliphatic heterocycles. The van der Waals surface area contributed by atoms with Crippen molar-refractivity contribution < 1.29 is 13.5 Å². The summed E-state index contributed by atoms with van der Waals surface area (Å²) in [6.07, 6.45) is -0.910. The van der Waals surface area contributed by atoms with E-state index in [4.69, 9.17) is 0 Å². The Kier molecular flexibility index (Phi) is 4.73. The first kappa shape index (κ1) is 17.1. The molecular formula is C18H19NO3S2. The van der Waals surface area contributed by atoms with E-state index in [-0.39, 0.29) is 6.54 Å². The normalized spacial score (nSPS) is 13.3. The van der Waals surface area contributed by atoms with E-state index >= 15 is 0 Å². The Morgan fingerprint density at radius 3 is 2.54 bits per heavy atom. The van der Waals surface area contributed by atoms with Crippen LogP contribution in [0.5, 0.6) is 0 Å². The average Bonchev–Trinajstić information content (AvgIpc) is 2.91. The van der Waals surface area contributed by atoms with Crippen LogP contribution in [0.25, 0.3) is 10.8 Å². The second-order valence-corrected chi connectivity index (χ2v) is 8.98. The molecule has 6 heteroatoms. The summed E-state index contributed by atoms with van der Waals surface area (Å²) < 4.78 is 27.7. The van der Waals surface area contributed by atoms with Crippen LogP contribution in [0.3, 0.4) is 0 Å². The van der Waals surface area contributed by atoms with Gasteiger partial charge in [0.1, 0.15) is 4.21 Å². The zero-order chi connectivity index (χ0) is 17.3. The number of hydrogen-bond donors (Lipinski definition) is 2. The quantitative estimate of drug-likeness (QED) is 0.730. The fraction of sp³-hybridized carbons (Fsp3) is 0.222. The first-order valence-electron chi connectivity index (χ1n) is 7.61. The molecule has 24 heavy (non-hydrogen) atoms. The van der Waals surface area contributed by atoms with E-state index in [1.54, 1.807) is 6.92 Å². The van der Waals surface area contributed by atoms with Crippen molar-refractivity contribution in [3.63, 3.8) is 0 Å². The van der Waals surface area contributed by atoms with Crippen LogP contribution < -0.4 is 4.72 Å². The maximum Gasteiger partial charge on any atom is 0.250 e. The Bertz CT molecular complexity index is 972. The van der Waals surface area contributed by atoms with Gasteiger partial charge in [0.2, 0.25) is 10.0 Å². The molecule has 1 aromatic heterocycles. The summed E-state index contributed by atoms with van der Waals surface area (Å²) in [6, 6.07) is 15.2. The highest BCUT2D eigenvalue weighted by Gasteiger charge is 2.21. The molecule has 0 fully saturated rings. The molecular weight excluding hydrogens is 342 g/mol. The molecule has 0 saturated heterocycles. The van der Waals surface area contributed by atoms with E-state index in [0.29, 0.717) is 4.21 Å². The van der Waals surface area contributed by atoms with Crippen molar-refractivity contribution in [3.8, 4) is 0 Å². The molecule has 2 aromatic carbocycles. The summed E-state index contributed by atoms with van der Waals surface area (Å²) in [6.45, 7) is 3.59. The largest absolute Gasteiger partial charge is 0.387 e. The molecule has 1 unspecified atom stereocenters. The van der Waals surface area contributed by atoms with Gasteiger partial charge in [0, 0.05) is 11.4 Å². The van der Waals surface area contributed by atoms with E-state index in [1.807, 2.05) is 55.5 Å². The number of rotatable bonds is 5. The molecule has 0 spiro atoms. The lowest BCUT2D eigenvalue weighted by molar-refractivity contribution is 0.183. The van der Waals surface area contributed by atoms with Crippen LogP contribution in [0.4, 0.5) is 0 Å². The third kappa shape index (κ3) is 3.37. The first-order valence-corrected chi connectivity index (χ1v) is 9.91. The Labute approximate surface area is 145 Å². The van der Waals surface area contributed by atoms with Gasteiger partial charge in [-0.05, 0) is 41.8 Å². The van der Waals surface area contributed by atoms with Crippen molar-refractivity contribution in [2.45, 2.75) is 24.2 Å². The minimum atomic E-state index is -3.62. The molecule has 0 saturated carbocycles. The van der Waals surface area contributed by atoms with Gasteiger partial charge in [-0.1, -0.05) is 42.5 Å². The SMILES string of the molecule is Cc1cc(C)c(S(=O)(=O)NCC(O)c2cccc3ccccc23)s1. The monoisotopic (exact) mass is 361 g/mol. The van der Waals surface area contributed by atoms with Crippen molar-refractivity contribution in [1.29, 1.82) is 0 Å². The molecule has 0 aliphatic carbocycles. The molecule has 126 valence electrons. The second-order valence-electron chi connectivity index (χ2n) is 5.76. The number of hydrogen-bond acceptors (Lipinski definition) is 4. The van der Waals surface area contributed by atoms with Crippen LogP contribution in [0.2, 0.25) is 0 Å². The van der Waals surface area contributed by atoms with Gasteiger partial charge in [0.15, 0.2) is 0 Å². The summed E-state index contributed by atoms with van der Waals surface area (Å²) >= 11 is 1.24. The second kappa shape index (κ2) is 6.64. The summed E-state index contributed by atoms with van der Waals surface area (Å²) in [5, 5.41) is 12.4. The molecule has 3 aromatic rings. The molecule has 0 aliphatic rings. The molecule has 0 amide bonds.